The predicted molar refractivity (Wildman–Crippen MR) is 78.2 cm³/mol. The Morgan fingerprint density at radius 1 is 1.08 bits per heavy atom. The molecule has 2 rings (SSSR count). The minimum absolute atomic E-state index is 0.0473. The molecule has 2 aromatic rings. The van der Waals surface area contributed by atoms with Gasteiger partial charge >= 0.3 is 5.97 Å². The smallest absolute Gasteiger partial charge is 0.341 e. The summed E-state index contributed by atoms with van der Waals surface area (Å²) in [5.41, 5.74) is -1.10. The molecule has 132 valence electrons. The molecule has 2 aromatic carbocycles. The van der Waals surface area contributed by atoms with Gasteiger partial charge in [0, 0.05) is 6.07 Å². The van der Waals surface area contributed by atoms with Crippen LogP contribution in [0.15, 0.2) is 18.2 Å². The Hall–Kier alpha value is -3.59. The zero-order valence-electron chi connectivity index (χ0n) is 13.1. The summed E-state index contributed by atoms with van der Waals surface area (Å²) in [7, 11) is 0. The summed E-state index contributed by atoms with van der Waals surface area (Å²) in [6, 6.07) is 5.66. The number of carbonyl (C=O) groups excluding carboxylic acids is 1. The second-order valence-corrected chi connectivity index (χ2v) is 4.71. The van der Waals surface area contributed by atoms with Gasteiger partial charge in [-0.1, -0.05) is 0 Å². The van der Waals surface area contributed by atoms with E-state index in [0.29, 0.717) is 0 Å². The van der Waals surface area contributed by atoms with Crippen LogP contribution >= 0.6 is 0 Å². The number of nitrogens with zero attached hydrogens (tertiary/aromatic N) is 2. The molecular formula is C17H8F4N2O3. The number of ether oxygens (including phenoxy) is 2. The van der Waals surface area contributed by atoms with Gasteiger partial charge in [-0.3, -0.25) is 0 Å². The van der Waals surface area contributed by atoms with Crippen molar-refractivity contribution in [3.63, 3.8) is 0 Å². The van der Waals surface area contributed by atoms with Crippen LogP contribution in [0.1, 0.15) is 28.4 Å². The molecule has 0 aliphatic heterocycles. The first-order valence-corrected chi connectivity index (χ1v) is 7.00. The van der Waals surface area contributed by atoms with Crippen molar-refractivity contribution >= 4 is 5.97 Å². The molecule has 0 N–H and O–H groups in total. The van der Waals surface area contributed by atoms with Crippen molar-refractivity contribution in [3.05, 3.63) is 58.2 Å². The highest BCUT2D eigenvalue weighted by Crippen LogP contribution is 2.35. The lowest BCUT2D eigenvalue weighted by Gasteiger charge is -2.14. The van der Waals surface area contributed by atoms with E-state index in [1.54, 1.807) is 12.1 Å². The number of carbonyl (C=O) groups is 1. The Kier molecular flexibility index (Phi) is 5.43. The average molecular weight is 364 g/mol. The second kappa shape index (κ2) is 7.53. The summed E-state index contributed by atoms with van der Waals surface area (Å²) < 4.78 is 63.4. The second-order valence-electron chi connectivity index (χ2n) is 4.71. The monoisotopic (exact) mass is 364 g/mol. The summed E-state index contributed by atoms with van der Waals surface area (Å²) in [5, 5.41) is 18.3. The van der Waals surface area contributed by atoms with Crippen molar-refractivity contribution in [3.8, 4) is 23.6 Å². The van der Waals surface area contributed by atoms with Crippen molar-refractivity contribution < 1.29 is 31.8 Å². The summed E-state index contributed by atoms with van der Waals surface area (Å²) in [4.78, 5) is 12.0. The molecule has 0 saturated carbocycles. The summed E-state index contributed by atoms with van der Waals surface area (Å²) >= 11 is 0. The summed E-state index contributed by atoms with van der Waals surface area (Å²) in [6.07, 6.45) is 0. The molecule has 0 heterocycles. The molecule has 26 heavy (non-hydrogen) atoms. The molecule has 5 nitrogen and oxygen atoms in total. The number of nitriles is 2. The van der Waals surface area contributed by atoms with E-state index >= 15 is 0 Å². The molecule has 0 aliphatic rings. The van der Waals surface area contributed by atoms with E-state index in [1.807, 2.05) is 0 Å². The Labute approximate surface area is 144 Å². The molecule has 0 radical (unpaired) electrons. The van der Waals surface area contributed by atoms with E-state index in [1.165, 1.54) is 6.92 Å². The number of hydrogen-bond acceptors (Lipinski definition) is 5. The van der Waals surface area contributed by atoms with E-state index in [-0.39, 0.29) is 23.8 Å². The number of halogens is 4. The highest BCUT2D eigenvalue weighted by molar-refractivity contribution is 5.94. The number of esters is 1. The van der Waals surface area contributed by atoms with Gasteiger partial charge in [0.25, 0.3) is 0 Å². The third-order valence-electron chi connectivity index (χ3n) is 3.17. The van der Waals surface area contributed by atoms with Crippen molar-refractivity contribution in [2.75, 3.05) is 6.61 Å². The molecule has 0 atom stereocenters. The molecule has 0 bridgehead atoms. The molecule has 0 saturated heterocycles. The van der Waals surface area contributed by atoms with Crippen molar-refractivity contribution in [1.82, 2.24) is 0 Å². The molecule has 0 aromatic heterocycles. The Morgan fingerprint density at radius 3 is 2.35 bits per heavy atom. The molecule has 0 amide bonds. The SMILES string of the molecule is CCOC(=O)c1ccc(C#N)c(C#N)c1Oc1cc(F)c(F)c(F)c1F. The van der Waals surface area contributed by atoms with E-state index in [9.17, 15) is 27.6 Å². The molecule has 0 unspecified atom stereocenters. The molecule has 9 heteroatoms. The van der Waals surface area contributed by atoms with E-state index in [2.05, 4.69) is 0 Å². The lowest BCUT2D eigenvalue weighted by atomic mass is 10.0. The lowest BCUT2D eigenvalue weighted by Crippen LogP contribution is -2.09. The zero-order valence-corrected chi connectivity index (χ0v) is 13.1. The van der Waals surface area contributed by atoms with Crippen LogP contribution in [0.4, 0.5) is 17.6 Å². The van der Waals surface area contributed by atoms with Crippen LogP contribution in [-0.2, 0) is 4.74 Å². The first-order valence-electron chi connectivity index (χ1n) is 7.00. The maximum Gasteiger partial charge on any atom is 0.341 e. The number of rotatable bonds is 4. The largest absolute Gasteiger partial charge is 0.462 e. The Morgan fingerprint density at radius 2 is 1.77 bits per heavy atom. The molecule has 0 aliphatic carbocycles. The van der Waals surface area contributed by atoms with Crippen LogP contribution in [0.25, 0.3) is 0 Å². The standard InChI is InChI=1S/C17H8F4N2O3/c1-2-25-17(24)9-4-3-8(6-22)10(7-23)16(9)26-12-5-11(18)13(19)15(21)14(12)20/h3-5H,2H2,1H3. The number of benzene rings is 2. The fraction of sp³-hybridized carbons (Fsp3) is 0.118. The van der Waals surface area contributed by atoms with E-state index in [0.717, 1.165) is 12.1 Å². The van der Waals surface area contributed by atoms with E-state index < -0.39 is 46.3 Å². The predicted octanol–water partition coefficient (Wildman–Crippen LogP) is 3.96. The number of hydrogen-bond donors (Lipinski definition) is 0. The van der Waals surface area contributed by atoms with Crippen LogP contribution in [0, 0.1) is 45.9 Å². The van der Waals surface area contributed by atoms with Gasteiger partial charge in [-0.25, -0.2) is 18.0 Å². The minimum atomic E-state index is -2.13. The van der Waals surface area contributed by atoms with E-state index in [4.69, 9.17) is 14.7 Å². The topological polar surface area (TPSA) is 83.1 Å². The Balaban J connectivity index is 2.71. The van der Waals surface area contributed by atoms with Gasteiger partial charge in [-0.05, 0) is 19.1 Å². The summed E-state index contributed by atoms with van der Waals surface area (Å²) in [6.45, 7) is 1.45. The quantitative estimate of drug-likeness (QED) is 0.355. The highest BCUT2D eigenvalue weighted by Gasteiger charge is 2.25. The average Bonchev–Trinajstić information content (AvgIpc) is 2.63. The van der Waals surface area contributed by atoms with Crippen LogP contribution in [-0.4, -0.2) is 12.6 Å². The summed E-state index contributed by atoms with van der Waals surface area (Å²) in [5.74, 6) is -10.5. The maximum absolute atomic E-state index is 13.9. The minimum Gasteiger partial charge on any atom is -0.462 e. The lowest BCUT2D eigenvalue weighted by molar-refractivity contribution is 0.0523. The van der Waals surface area contributed by atoms with Crippen molar-refractivity contribution in [2.45, 2.75) is 6.92 Å². The fourth-order valence-electron chi connectivity index (χ4n) is 2.00. The van der Waals surface area contributed by atoms with Crippen LogP contribution in [0.5, 0.6) is 11.5 Å². The van der Waals surface area contributed by atoms with Gasteiger partial charge in [0.1, 0.15) is 23.3 Å². The third kappa shape index (κ3) is 3.28. The van der Waals surface area contributed by atoms with Gasteiger partial charge in [-0.2, -0.15) is 14.9 Å². The zero-order chi connectivity index (χ0) is 19.4. The first kappa shape index (κ1) is 18.7. The van der Waals surface area contributed by atoms with Gasteiger partial charge in [0.15, 0.2) is 23.1 Å². The van der Waals surface area contributed by atoms with Crippen LogP contribution in [0.2, 0.25) is 0 Å². The molecule has 0 spiro atoms. The van der Waals surface area contributed by atoms with Crippen molar-refractivity contribution in [2.24, 2.45) is 0 Å². The highest BCUT2D eigenvalue weighted by atomic mass is 19.2. The van der Waals surface area contributed by atoms with Gasteiger partial charge < -0.3 is 9.47 Å². The first-order chi connectivity index (χ1) is 12.3. The van der Waals surface area contributed by atoms with Gasteiger partial charge in [-0.15, -0.1) is 0 Å². The third-order valence-corrected chi connectivity index (χ3v) is 3.17. The Bertz CT molecular complexity index is 978. The van der Waals surface area contributed by atoms with Crippen molar-refractivity contribution in [1.29, 1.82) is 10.5 Å². The normalized spacial score (nSPS) is 9.96. The maximum atomic E-state index is 13.9. The van der Waals surface area contributed by atoms with Gasteiger partial charge in [0.2, 0.25) is 11.6 Å². The van der Waals surface area contributed by atoms with Gasteiger partial charge in [0.05, 0.1) is 12.2 Å². The fourth-order valence-corrected chi connectivity index (χ4v) is 2.00. The van der Waals surface area contributed by atoms with Crippen LogP contribution in [0.3, 0.4) is 0 Å². The van der Waals surface area contributed by atoms with Crippen LogP contribution < -0.4 is 4.74 Å². The molecular weight excluding hydrogens is 356 g/mol. The molecule has 0 fully saturated rings.